The van der Waals surface area contributed by atoms with Crippen LogP contribution in [0.3, 0.4) is 0 Å². The quantitative estimate of drug-likeness (QED) is 0.391. The van der Waals surface area contributed by atoms with Gasteiger partial charge in [-0.25, -0.2) is 4.39 Å². The van der Waals surface area contributed by atoms with Crippen LogP contribution in [0.2, 0.25) is 5.02 Å². The van der Waals surface area contributed by atoms with Crippen LogP contribution in [0.4, 0.5) is 4.39 Å². The maximum Gasteiger partial charge on any atom is 0.203 e. The Labute approximate surface area is 130 Å². The first-order chi connectivity index (χ1) is 10.4. The number of carbonyl (C=O) groups is 1. The lowest BCUT2D eigenvalue weighted by Gasteiger charge is -2.03. The highest BCUT2D eigenvalue weighted by Gasteiger charge is 2.13. The van der Waals surface area contributed by atoms with Gasteiger partial charge in [0, 0.05) is 5.56 Å². The number of rotatable bonds is 3. The Morgan fingerprint density at radius 3 is 2.41 bits per heavy atom. The van der Waals surface area contributed by atoms with E-state index in [0.717, 1.165) is 18.2 Å². The van der Waals surface area contributed by atoms with Gasteiger partial charge in [-0.2, -0.15) is 5.26 Å². The fraction of sp³-hybridized carbons (Fsp3) is 0. The Kier molecular flexibility index (Phi) is 4.44. The zero-order valence-corrected chi connectivity index (χ0v) is 11.8. The number of phenolic OH excluding ortho intramolecular Hbond substituents is 2. The molecular formula is C16H9ClFNO3. The van der Waals surface area contributed by atoms with Crippen molar-refractivity contribution < 1.29 is 19.4 Å². The largest absolute Gasteiger partial charge is 0.504 e. The van der Waals surface area contributed by atoms with Gasteiger partial charge in [-0.3, -0.25) is 4.79 Å². The Morgan fingerprint density at radius 1 is 1.23 bits per heavy atom. The van der Waals surface area contributed by atoms with Crippen LogP contribution in [0.15, 0.2) is 42.0 Å². The summed E-state index contributed by atoms with van der Waals surface area (Å²) in [6, 6.07) is 8.98. The van der Waals surface area contributed by atoms with Crippen molar-refractivity contribution in [3.05, 3.63) is 63.9 Å². The molecule has 22 heavy (non-hydrogen) atoms. The summed E-state index contributed by atoms with van der Waals surface area (Å²) in [5.74, 6) is -2.03. The molecule has 0 atom stereocenters. The summed E-state index contributed by atoms with van der Waals surface area (Å²) in [7, 11) is 0. The molecule has 0 aliphatic rings. The molecule has 0 unspecified atom stereocenters. The van der Waals surface area contributed by atoms with Gasteiger partial charge in [0.2, 0.25) is 5.78 Å². The predicted octanol–water partition coefficient (Wildman–Crippen LogP) is 3.68. The maximum absolute atomic E-state index is 12.8. The third-order valence-corrected chi connectivity index (χ3v) is 3.14. The molecule has 0 bridgehead atoms. The van der Waals surface area contributed by atoms with Crippen LogP contribution in [0.5, 0.6) is 11.5 Å². The van der Waals surface area contributed by atoms with Crippen LogP contribution in [0.25, 0.3) is 6.08 Å². The fourth-order valence-corrected chi connectivity index (χ4v) is 1.98. The summed E-state index contributed by atoms with van der Waals surface area (Å²) < 4.78 is 12.8. The SMILES string of the molecule is N#C/C(=C\c1cc(O)c(O)c(Cl)c1)C(=O)c1ccc(F)cc1. The molecule has 110 valence electrons. The van der Waals surface area contributed by atoms with Gasteiger partial charge >= 0.3 is 0 Å². The second-order valence-electron chi connectivity index (χ2n) is 4.38. The number of hydrogen-bond acceptors (Lipinski definition) is 4. The molecule has 0 fully saturated rings. The first-order valence-electron chi connectivity index (χ1n) is 6.06. The number of nitrogens with zero attached hydrogens (tertiary/aromatic N) is 1. The zero-order valence-electron chi connectivity index (χ0n) is 11.0. The molecule has 2 rings (SSSR count). The number of hydrogen-bond donors (Lipinski definition) is 2. The number of phenols is 2. The smallest absolute Gasteiger partial charge is 0.203 e. The van der Waals surface area contributed by atoms with Gasteiger partial charge < -0.3 is 10.2 Å². The Bertz CT molecular complexity index is 784. The summed E-state index contributed by atoms with van der Waals surface area (Å²) in [6.45, 7) is 0. The van der Waals surface area contributed by atoms with Crippen LogP contribution in [-0.4, -0.2) is 16.0 Å². The van der Waals surface area contributed by atoms with Gasteiger partial charge in [0.05, 0.1) is 5.02 Å². The van der Waals surface area contributed by atoms with Crippen molar-refractivity contribution in [1.29, 1.82) is 5.26 Å². The van der Waals surface area contributed by atoms with E-state index in [1.807, 2.05) is 0 Å². The van der Waals surface area contributed by atoms with E-state index in [9.17, 15) is 19.4 Å². The average molecular weight is 318 g/mol. The Balaban J connectivity index is 2.41. The van der Waals surface area contributed by atoms with Crippen LogP contribution in [0.1, 0.15) is 15.9 Å². The molecule has 2 N–H and O–H groups in total. The number of halogens is 2. The lowest BCUT2D eigenvalue weighted by atomic mass is 10.0. The summed E-state index contributed by atoms with van der Waals surface area (Å²) in [6.07, 6.45) is 1.22. The van der Waals surface area contributed by atoms with E-state index in [-0.39, 0.29) is 21.7 Å². The van der Waals surface area contributed by atoms with Crippen molar-refractivity contribution in [2.45, 2.75) is 0 Å². The summed E-state index contributed by atoms with van der Waals surface area (Å²) >= 11 is 5.71. The number of allylic oxidation sites excluding steroid dienone is 1. The lowest BCUT2D eigenvalue weighted by molar-refractivity contribution is 0.104. The molecule has 0 aliphatic carbocycles. The van der Waals surface area contributed by atoms with E-state index < -0.39 is 23.1 Å². The molecule has 0 saturated carbocycles. The number of carbonyl (C=O) groups excluding carboxylic acids is 1. The highest BCUT2D eigenvalue weighted by atomic mass is 35.5. The first-order valence-corrected chi connectivity index (χ1v) is 6.43. The van der Waals surface area contributed by atoms with Crippen molar-refractivity contribution >= 4 is 23.5 Å². The highest BCUT2D eigenvalue weighted by Crippen LogP contribution is 2.34. The van der Waals surface area contributed by atoms with Crippen LogP contribution in [0, 0.1) is 17.1 Å². The monoisotopic (exact) mass is 317 g/mol. The average Bonchev–Trinajstić information content (AvgIpc) is 2.50. The molecule has 2 aromatic rings. The minimum atomic E-state index is -0.591. The first kappa shape index (κ1) is 15.5. The van der Waals surface area contributed by atoms with Gasteiger partial charge in [0.15, 0.2) is 11.5 Å². The molecule has 0 spiro atoms. The molecule has 0 amide bonds. The molecule has 0 saturated heterocycles. The minimum absolute atomic E-state index is 0.113. The summed E-state index contributed by atoms with van der Waals surface area (Å²) in [5, 5.41) is 27.8. The third kappa shape index (κ3) is 3.25. The van der Waals surface area contributed by atoms with Crippen molar-refractivity contribution in [1.82, 2.24) is 0 Å². The lowest BCUT2D eigenvalue weighted by Crippen LogP contribution is -2.01. The van der Waals surface area contributed by atoms with Crippen LogP contribution in [-0.2, 0) is 0 Å². The van der Waals surface area contributed by atoms with Gasteiger partial charge in [-0.05, 0) is 48.0 Å². The van der Waals surface area contributed by atoms with Gasteiger partial charge in [-0.15, -0.1) is 0 Å². The molecule has 2 aromatic carbocycles. The van der Waals surface area contributed by atoms with E-state index in [1.54, 1.807) is 6.07 Å². The second kappa shape index (κ2) is 6.29. The van der Waals surface area contributed by atoms with E-state index in [2.05, 4.69) is 0 Å². The normalized spacial score (nSPS) is 11.0. The number of benzene rings is 2. The van der Waals surface area contributed by atoms with Gasteiger partial charge in [0.1, 0.15) is 17.5 Å². The standard InChI is InChI=1S/C16H9ClFNO3/c17-13-6-9(7-14(20)16(13)22)5-11(8-19)15(21)10-1-3-12(18)4-2-10/h1-7,20,22H/b11-5+. The molecule has 0 aromatic heterocycles. The summed E-state index contributed by atoms with van der Waals surface area (Å²) in [5.41, 5.74) is 0.211. The fourth-order valence-electron chi connectivity index (χ4n) is 1.76. The molecular weight excluding hydrogens is 309 g/mol. The molecule has 4 nitrogen and oxygen atoms in total. The van der Waals surface area contributed by atoms with Crippen molar-refractivity contribution in [3.8, 4) is 17.6 Å². The topological polar surface area (TPSA) is 81.3 Å². The van der Waals surface area contributed by atoms with Gasteiger partial charge in [-0.1, -0.05) is 11.6 Å². The molecule has 0 heterocycles. The number of ketones is 1. The number of aromatic hydroxyl groups is 2. The van der Waals surface area contributed by atoms with Crippen LogP contribution < -0.4 is 0 Å². The third-order valence-electron chi connectivity index (χ3n) is 2.85. The predicted molar refractivity (Wildman–Crippen MR) is 79.1 cm³/mol. The van der Waals surface area contributed by atoms with Crippen molar-refractivity contribution in [3.63, 3.8) is 0 Å². The maximum atomic E-state index is 12.8. The van der Waals surface area contributed by atoms with E-state index in [0.29, 0.717) is 0 Å². The van der Waals surface area contributed by atoms with Crippen LogP contribution >= 0.6 is 11.6 Å². The number of nitriles is 1. The van der Waals surface area contributed by atoms with E-state index in [1.165, 1.54) is 24.3 Å². The van der Waals surface area contributed by atoms with E-state index in [4.69, 9.17) is 16.9 Å². The van der Waals surface area contributed by atoms with Gasteiger partial charge in [0.25, 0.3) is 0 Å². The van der Waals surface area contributed by atoms with E-state index >= 15 is 0 Å². The highest BCUT2D eigenvalue weighted by molar-refractivity contribution is 6.32. The summed E-state index contributed by atoms with van der Waals surface area (Å²) in [4.78, 5) is 12.2. The zero-order chi connectivity index (χ0) is 16.3. The molecule has 0 aliphatic heterocycles. The Morgan fingerprint density at radius 2 is 1.86 bits per heavy atom. The minimum Gasteiger partial charge on any atom is -0.504 e. The van der Waals surface area contributed by atoms with Crippen molar-refractivity contribution in [2.75, 3.05) is 0 Å². The Hall–Kier alpha value is -2.84. The van der Waals surface area contributed by atoms with Crippen molar-refractivity contribution in [2.24, 2.45) is 0 Å². The number of Topliss-reactive ketones (excluding diaryl/α,β-unsaturated/α-hetero) is 1. The molecule has 6 heteroatoms. The second-order valence-corrected chi connectivity index (χ2v) is 4.78. The molecule has 0 radical (unpaired) electrons.